The first-order valence-corrected chi connectivity index (χ1v) is 7.26. The predicted molar refractivity (Wildman–Crippen MR) is 68.6 cm³/mol. The van der Waals surface area contributed by atoms with Gasteiger partial charge in [-0.15, -0.1) is 0 Å². The molecular weight excluding hydrogens is 417 g/mol. The Morgan fingerprint density at radius 3 is 1.31 bits per heavy atom. The van der Waals surface area contributed by atoms with E-state index in [0.717, 1.165) is 0 Å². The first-order chi connectivity index (χ1) is 11.0. The molecule has 7 nitrogen and oxygen atoms in total. The van der Waals surface area contributed by atoms with Crippen LogP contribution >= 0.6 is 0 Å². The predicted octanol–water partition coefficient (Wildman–Crippen LogP) is 2.28. The second-order valence-corrected chi connectivity index (χ2v) is 6.20. The molecule has 0 saturated carbocycles. The average Bonchev–Trinajstić information content (AvgIpc) is 2.33. The summed E-state index contributed by atoms with van der Waals surface area (Å²) in [6, 6.07) is 0. The van der Waals surface area contributed by atoms with E-state index in [-0.39, 0.29) is 0 Å². The molecule has 0 aliphatic heterocycles. The minimum absolute atomic E-state index is 0.519. The van der Waals surface area contributed by atoms with Gasteiger partial charge in [-0.05, 0) is 0 Å². The lowest BCUT2D eigenvalue weighted by Crippen LogP contribution is -2.54. The van der Waals surface area contributed by atoms with Gasteiger partial charge in [0.15, 0.2) is 5.96 Å². The third-order valence-electron chi connectivity index (χ3n) is 2.10. The van der Waals surface area contributed by atoms with Crippen LogP contribution in [-0.4, -0.2) is 80.6 Å². The molecule has 17 heteroatoms. The van der Waals surface area contributed by atoms with Gasteiger partial charge in [-0.1, -0.05) is 0 Å². The molecule has 2 N–H and O–H groups in total. The quantitative estimate of drug-likeness (QED) is 0.307. The molecule has 26 heavy (non-hydrogen) atoms. The molecule has 0 unspecified atom stereocenters. The zero-order valence-corrected chi connectivity index (χ0v) is 14.2. The molecule has 0 aliphatic rings. The lowest BCUT2D eigenvalue weighted by Gasteiger charge is -2.28. The standard InChI is InChI=1S/C5H13N3.C4HF9O4S/c1-7(2)5(6)8(3)4;5-1(6,7)2(8,9)17-3(10,11)4(12,13)18(14,15)16/h6H,1-4H3;(H,14,15,16). The van der Waals surface area contributed by atoms with Gasteiger partial charge in [-0.3, -0.25) is 9.96 Å². The minimum atomic E-state index is -6.99. The lowest BCUT2D eigenvalue weighted by molar-refractivity contribution is -0.476. The molecule has 0 atom stereocenters. The van der Waals surface area contributed by atoms with Crippen molar-refractivity contribution in [2.45, 2.75) is 23.6 Å². The summed E-state index contributed by atoms with van der Waals surface area (Å²) in [6.07, 6.45) is -20.4. The minimum Gasteiger partial charge on any atom is -0.349 e. The van der Waals surface area contributed by atoms with Crippen molar-refractivity contribution in [2.75, 3.05) is 28.2 Å². The van der Waals surface area contributed by atoms with Gasteiger partial charge in [0.2, 0.25) is 0 Å². The van der Waals surface area contributed by atoms with E-state index >= 15 is 0 Å². The monoisotopic (exact) mass is 431 g/mol. The summed E-state index contributed by atoms with van der Waals surface area (Å²) in [4.78, 5) is 3.50. The number of alkyl halides is 9. The molecule has 0 aromatic rings. The molecule has 158 valence electrons. The summed E-state index contributed by atoms with van der Waals surface area (Å²) in [6.45, 7) is 0. The number of nitrogens with zero attached hydrogens (tertiary/aromatic N) is 2. The van der Waals surface area contributed by atoms with Crippen LogP contribution in [0.15, 0.2) is 0 Å². The van der Waals surface area contributed by atoms with Crippen molar-refractivity contribution in [3.05, 3.63) is 0 Å². The van der Waals surface area contributed by atoms with Gasteiger partial charge in [0, 0.05) is 28.2 Å². The normalized spacial score (nSPS) is 13.6. The van der Waals surface area contributed by atoms with Crippen LogP contribution in [0.3, 0.4) is 0 Å². The molecular formula is C9H14F9N3O4S. The van der Waals surface area contributed by atoms with Crippen LogP contribution in [0.1, 0.15) is 0 Å². The smallest absolute Gasteiger partial charge is 0.349 e. The highest BCUT2D eigenvalue weighted by molar-refractivity contribution is 7.86. The van der Waals surface area contributed by atoms with Crippen molar-refractivity contribution in [1.29, 1.82) is 5.41 Å². The Morgan fingerprint density at radius 1 is 0.846 bits per heavy atom. The lowest BCUT2D eigenvalue weighted by atomic mass is 10.5. The van der Waals surface area contributed by atoms with Gasteiger partial charge >= 0.3 is 33.8 Å². The Hall–Kier alpha value is -1.49. The summed E-state index contributed by atoms with van der Waals surface area (Å²) < 4.78 is 135. The third kappa shape index (κ3) is 6.67. The van der Waals surface area contributed by atoms with Crippen molar-refractivity contribution < 1.29 is 57.2 Å². The second-order valence-electron chi connectivity index (χ2n) is 4.74. The van der Waals surface area contributed by atoms with Crippen LogP contribution in [0.4, 0.5) is 39.5 Å². The van der Waals surface area contributed by atoms with E-state index in [1.807, 2.05) is 28.2 Å². The van der Waals surface area contributed by atoms with Crippen LogP contribution in [0.2, 0.25) is 0 Å². The molecule has 0 fully saturated rings. The highest BCUT2D eigenvalue weighted by Gasteiger charge is 2.74. The van der Waals surface area contributed by atoms with E-state index in [1.54, 1.807) is 9.80 Å². The van der Waals surface area contributed by atoms with Gasteiger partial charge < -0.3 is 9.80 Å². The van der Waals surface area contributed by atoms with Gasteiger partial charge in [0.25, 0.3) is 0 Å². The van der Waals surface area contributed by atoms with Crippen LogP contribution in [-0.2, 0) is 14.9 Å². The molecule has 0 aromatic heterocycles. The molecule has 0 heterocycles. The maximum atomic E-state index is 12.2. The highest BCUT2D eigenvalue weighted by Crippen LogP contribution is 2.46. The Kier molecular flexibility index (Phi) is 8.26. The number of guanidine groups is 1. The molecule has 0 radical (unpaired) electrons. The Balaban J connectivity index is 0. The van der Waals surface area contributed by atoms with Crippen LogP contribution < -0.4 is 0 Å². The maximum Gasteiger partial charge on any atom is 0.483 e. The number of hydrogen-bond acceptors (Lipinski definition) is 4. The van der Waals surface area contributed by atoms with Crippen LogP contribution in [0, 0.1) is 5.41 Å². The van der Waals surface area contributed by atoms with Gasteiger partial charge in [-0.25, -0.2) is 4.74 Å². The van der Waals surface area contributed by atoms with Crippen molar-refractivity contribution in [2.24, 2.45) is 0 Å². The molecule has 0 bridgehead atoms. The molecule has 0 spiro atoms. The highest BCUT2D eigenvalue weighted by atomic mass is 32.2. The zero-order chi connectivity index (χ0) is 21.9. The first-order valence-electron chi connectivity index (χ1n) is 5.82. The number of halogens is 9. The summed E-state index contributed by atoms with van der Waals surface area (Å²) in [5.74, 6) is 0.519. The van der Waals surface area contributed by atoms with Crippen molar-refractivity contribution in [1.82, 2.24) is 9.80 Å². The van der Waals surface area contributed by atoms with E-state index in [9.17, 15) is 47.9 Å². The summed E-state index contributed by atoms with van der Waals surface area (Å²) in [5, 5.41) is 0.550. The third-order valence-corrected chi connectivity index (χ3v) is 2.98. The Labute approximate surface area is 141 Å². The van der Waals surface area contributed by atoms with Crippen LogP contribution in [0.25, 0.3) is 0 Å². The van der Waals surface area contributed by atoms with Gasteiger partial charge in [0.1, 0.15) is 0 Å². The van der Waals surface area contributed by atoms with Crippen molar-refractivity contribution in [3.63, 3.8) is 0 Å². The summed E-state index contributed by atoms with van der Waals surface area (Å²) in [5.41, 5.74) is 0. The first kappa shape index (κ1) is 26.7. The molecule has 0 rings (SSSR count). The number of nitrogens with one attached hydrogen (secondary N) is 1. The Morgan fingerprint density at radius 2 is 1.15 bits per heavy atom. The van der Waals surface area contributed by atoms with E-state index in [4.69, 9.17) is 9.96 Å². The average molecular weight is 431 g/mol. The van der Waals surface area contributed by atoms with Crippen molar-refractivity contribution >= 4 is 16.1 Å². The topological polar surface area (TPSA) is 93.9 Å². The molecule has 0 saturated heterocycles. The zero-order valence-electron chi connectivity index (χ0n) is 13.4. The van der Waals surface area contributed by atoms with Crippen LogP contribution in [0.5, 0.6) is 0 Å². The summed E-state index contributed by atoms with van der Waals surface area (Å²) in [7, 11) is 0.411. The van der Waals surface area contributed by atoms with E-state index < -0.39 is 33.8 Å². The van der Waals surface area contributed by atoms with E-state index in [0.29, 0.717) is 5.96 Å². The number of ether oxygens (including phenoxy) is 1. The second kappa shape index (κ2) is 8.03. The molecule has 0 aliphatic carbocycles. The summed E-state index contributed by atoms with van der Waals surface area (Å²) >= 11 is 0. The fraction of sp³-hybridized carbons (Fsp3) is 0.889. The maximum absolute atomic E-state index is 12.2. The largest absolute Gasteiger partial charge is 0.483 e. The fourth-order valence-corrected chi connectivity index (χ4v) is 1.17. The Bertz CT molecular complexity index is 580. The van der Waals surface area contributed by atoms with Gasteiger partial charge in [-0.2, -0.15) is 47.9 Å². The van der Waals surface area contributed by atoms with E-state index in [1.165, 1.54) is 4.74 Å². The van der Waals surface area contributed by atoms with Crippen molar-refractivity contribution in [3.8, 4) is 0 Å². The number of rotatable bonds is 4. The number of hydrogen-bond donors (Lipinski definition) is 2. The fourth-order valence-electron chi connectivity index (χ4n) is 0.828. The SMILES string of the molecule is CN(C)C(=N)N(C)C.O=S(=O)(O)C(F)(F)C(F)(F)OC(F)(F)C(F)(F)F. The van der Waals surface area contributed by atoms with Gasteiger partial charge in [0.05, 0.1) is 0 Å². The molecule has 0 amide bonds. The molecule has 0 aromatic carbocycles. The van der Waals surface area contributed by atoms with E-state index in [2.05, 4.69) is 0 Å².